The number of aromatic nitrogens is 2. The van der Waals surface area contributed by atoms with Gasteiger partial charge in [0.05, 0.1) is 10.5 Å². The lowest BCUT2D eigenvalue weighted by molar-refractivity contribution is -0.121. The molecule has 0 bridgehead atoms. The van der Waals surface area contributed by atoms with Crippen LogP contribution in [0.1, 0.15) is 10.4 Å². The van der Waals surface area contributed by atoms with Crippen molar-refractivity contribution < 1.29 is 23.1 Å². The van der Waals surface area contributed by atoms with Crippen LogP contribution in [-0.4, -0.2) is 71.8 Å². The van der Waals surface area contributed by atoms with E-state index < -0.39 is 34.4 Å². The Balaban J connectivity index is 1.60. The average Bonchev–Trinajstić information content (AvgIpc) is 2.82. The van der Waals surface area contributed by atoms with E-state index >= 15 is 0 Å². The van der Waals surface area contributed by atoms with Gasteiger partial charge in [0.2, 0.25) is 21.9 Å². The maximum atomic E-state index is 13.3. The zero-order valence-corrected chi connectivity index (χ0v) is 17.8. The summed E-state index contributed by atoms with van der Waals surface area (Å²) >= 11 is 0. The molecule has 4 rings (SSSR count). The van der Waals surface area contributed by atoms with Gasteiger partial charge in [-0.05, 0) is 22.9 Å². The third kappa shape index (κ3) is 4.05. The number of sulfonamides is 1. The first-order chi connectivity index (χ1) is 15.3. The molecule has 0 radical (unpaired) electrons. The van der Waals surface area contributed by atoms with E-state index in [1.54, 1.807) is 17.0 Å². The smallest absolute Gasteiger partial charge is 0.243 e. The average molecular weight is 455 g/mol. The lowest BCUT2D eigenvalue weighted by atomic mass is 10.1. The number of primary amides is 1. The molecule has 3 N–H and O–H groups in total. The lowest BCUT2D eigenvalue weighted by Gasteiger charge is -2.38. The van der Waals surface area contributed by atoms with Crippen LogP contribution in [0.3, 0.4) is 0 Å². The first-order valence-corrected chi connectivity index (χ1v) is 11.3. The summed E-state index contributed by atoms with van der Waals surface area (Å²) in [6.07, 6.45) is 2.55. The van der Waals surface area contributed by atoms with Crippen molar-refractivity contribution in [2.24, 2.45) is 5.73 Å². The number of Topliss-reactive ketones (excluding diaryl/α,β-unsaturated/α-hetero) is 1. The summed E-state index contributed by atoms with van der Waals surface area (Å²) in [7, 11) is -3.98. The minimum absolute atomic E-state index is 0.00342. The number of aliphatic hydroxyl groups excluding tert-OH is 1. The van der Waals surface area contributed by atoms with Gasteiger partial charge in [-0.15, -0.1) is 0 Å². The molecule has 0 spiro atoms. The number of amides is 1. The van der Waals surface area contributed by atoms with Gasteiger partial charge in [-0.25, -0.2) is 18.4 Å². The number of piperazine rings is 1. The van der Waals surface area contributed by atoms with Crippen molar-refractivity contribution in [1.82, 2.24) is 14.3 Å². The molecule has 1 aromatic heterocycles. The molecule has 1 aliphatic heterocycles. The van der Waals surface area contributed by atoms with E-state index in [0.717, 1.165) is 15.1 Å². The fourth-order valence-electron chi connectivity index (χ4n) is 3.65. The van der Waals surface area contributed by atoms with Gasteiger partial charge >= 0.3 is 0 Å². The number of aliphatic hydroxyl groups is 1. The molecule has 1 saturated heterocycles. The summed E-state index contributed by atoms with van der Waals surface area (Å²) in [6.45, 7) is -0.458. The van der Waals surface area contributed by atoms with E-state index in [4.69, 9.17) is 10.8 Å². The maximum absolute atomic E-state index is 13.3. The van der Waals surface area contributed by atoms with Gasteiger partial charge < -0.3 is 15.7 Å². The molecule has 1 atom stereocenters. The number of ketones is 1. The van der Waals surface area contributed by atoms with Crippen molar-refractivity contribution >= 4 is 38.4 Å². The number of nitrogens with two attached hydrogens (primary N) is 1. The topological polar surface area (TPSA) is 147 Å². The Kier molecular flexibility index (Phi) is 5.87. The Labute approximate surface area is 184 Å². The molecule has 10 nitrogen and oxygen atoms in total. The Morgan fingerprint density at radius 1 is 1.06 bits per heavy atom. The molecule has 2 heterocycles. The van der Waals surface area contributed by atoms with Gasteiger partial charge in [0.1, 0.15) is 12.6 Å². The van der Waals surface area contributed by atoms with E-state index in [-0.39, 0.29) is 36.0 Å². The number of carbonyl (C=O) groups excluding carboxylic acids is 2. The van der Waals surface area contributed by atoms with Gasteiger partial charge in [-0.2, -0.15) is 4.31 Å². The molecule has 0 aliphatic carbocycles. The second-order valence-corrected chi connectivity index (χ2v) is 9.23. The SMILES string of the molecule is NC(=O)C1CN(c2ncc(C(=O)CO)cn2)CCN1S(=O)(=O)c1ccc2ccccc2c1. The Bertz CT molecular complexity index is 1280. The minimum Gasteiger partial charge on any atom is -0.388 e. The molecular formula is C21H21N5O5S. The van der Waals surface area contributed by atoms with E-state index in [0.29, 0.717) is 0 Å². The van der Waals surface area contributed by atoms with Crippen LogP contribution in [0, 0.1) is 0 Å². The zero-order valence-electron chi connectivity index (χ0n) is 17.0. The van der Waals surface area contributed by atoms with E-state index in [1.807, 2.05) is 24.3 Å². The quantitative estimate of drug-likeness (QED) is 0.500. The summed E-state index contributed by atoms with van der Waals surface area (Å²) in [5.74, 6) is -1.07. The second kappa shape index (κ2) is 8.61. The summed E-state index contributed by atoms with van der Waals surface area (Å²) < 4.78 is 27.8. The number of benzene rings is 2. The van der Waals surface area contributed by atoms with Crippen molar-refractivity contribution in [2.45, 2.75) is 10.9 Å². The van der Waals surface area contributed by atoms with Crippen LogP contribution in [0.5, 0.6) is 0 Å². The van der Waals surface area contributed by atoms with Crippen molar-refractivity contribution in [2.75, 3.05) is 31.1 Å². The molecule has 1 aliphatic rings. The number of rotatable bonds is 6. The van der Waals surface area contributed by atoms with Gasteiger partial charge in [-0.1, -0.05) is 30.3 Å². The molecule has 3 aromatic rings. The maximum Gasteiger partial charge on any atom is 0.243 e. The number of hydrogen-bond acceptors (Lipinski definition) is 8. The third-order valence-electron chi connectivity index (χ3n) is 5.37. The van der Waals surface area contributed by atoms with Crippen LogP contribution in [0.4, 0.5) is 5.95 Å². The van der Waals surface area contributed by atoms with E-state index in [2.05, 4.69) is 9.97 Å². The van der Waals surface area contributed by atoms with Crippen LogP contribution in [-0.2, 0) is 14.8 Å². The molecule has 2 aromatic carbocycles. The van der Waals surface area contributed by atoms with Crippen LogP contribution in [0.15, 0.2) is 59.8 Å². The van der Waals surface area contributed by atoms with Gasteiger partial charge in [-0.3, -0.25) is 9.59 Å². The molecule has 166 valence electrons. The fourth-order valence-corrected chi connectivity index (χ4v) is 5.26. The summed E-state index contributed by atoms with van der Waals surface area (Å²) in [4.78, 5) is 33.7. The zero-order chi connectivity index (χ0) is 22.9. The van der Waals surface area contributed by atoms with Gasteiger partial charge in [0.15, 0.2) is 5.78 Å². The van der Waals surface area contributed by atoms with Crippen molar-refractivity contribution in [3.63, 3.8) is 0 Å². The highest BCUT2D eigenvalue weighted by atomic mass is 32.2. The highest BCUT2D eigenvalue weighted by Gasteiger charge is 2.40. The molecule has 32 heavy (non-hydrogen) atoms. The van der Waals surface area contributed by atoms with Crippen molar-refractivity contribution in [1.29, 1.82) is 0 Å². The predicted molar refractivity (Wildman–Crippen MR) is 116 cm³/mol. The lowest BCUT2D eigenvalue weighted by Crippen LogP contribution is -2.60. The monoisotopic (exact) mass is 455 g/mol. The number of hydrogen-bond donors (Lipinski definition) is 2. The normalized spacial score (nSPS) is 17.4. The molecule has 1 unspecified atom stereocenters. The predicted octanol–water partition coefficient (Wildman–Crippen LogP) is 0.170. The second-order valence-electron chi connectivity index (χ2n) is 7.34. The number of carbonyl (C=O) groups is 2. The summed E-state index contributed by atoms with van der Waals surface area (Å²) in [5, 5.41) is 10.6. The van der Waals surface area contributed by atoms with Crippen molar-refractivity contribution in [3.8, 4) is 0 Å². The first-order valence-electron chi connectivity index (χ1n) is 9.82. The summed E-state index contributed by atoms with van der Waals surface area (Å²) in [6, 6.07) is 11.1. The fraction of sp³-hybridized carbons (Fsp3) is 0.238. The van der Waals surface area contributed by atoms with E-state index in [1.165, 1.54) is 18.5 Å². The van der Waals surface area contributed by atoms with Gasteiger partial charge in [0.25, 0.3) is 0 Å². The van der Waals surface area contributed by atoms with Gasteiger partial charge in [0, 0.05) is 32.0 Å². The molecule has 0 saturated carbocycles. The molecule has 1 fully saturated rings. The summed E-state index contributed by atoms with van der Waals surface area (Å²) in [5.41, 5.74) is 5.71. The minimum atomic E-state index is -3.98. The van der Waals surface area contributed by atoms with Crippen LogP contribution in [0.2, 0.25) is 0 Å². The van der Waals surface area contributed by atoms with E-state index in [9.17, 15) is 18.0 Å². The number of anilines is 1. The molecule has 1 amide bonds. The number of nitrogens with zero attached hydrogens (tertiary/aromatic N) is 4. The standard InChI is InChI=1S/C21H21N5O5S/c22-20(29)18-12-25(21-23-10-16(11-24-21)19(28)13-27)7-8-26(18)32(30,31)17-6-5-14-3-1-2-4-15(14)9-17/h1-6,9-11,18,27H,7-8,12-13H2,(H2,22,29). The Morgan fingerprint density at radius 2 is 1.75 bits per heavy atom. The van der Waals surface area contributed by atoms with Crippen molar-refractivity contribution in [3.05, 3.63) is 60.4 Å². The van der Waals surface area contributed by atoms with Crippen LogP contribution < -0.4 is 10.6 Å². The Morgan fingerprint density at radius 3 is 2.41 bits per heavy atom. The van der Waals surface area contributed by atoms with Crippen LogP contribution in [0.25, 0.3) is 10.8 Å². The van der Waals surface area contributed by atoms with Crippen LogP contribution >= 0.6 is 0 Å². The molecular weight excluding hydrogens is 434 g/mol. The third-order valence-corrected chi connectivity index (χ3v) is 7.28. The largest absolute Gasteiger partial charge is 0.388 e. The Hall–Kier alpha value is -3.41. The molecule has 11 heteroatoms. The first kappa shape index (κ1) is 21.8. The highest BCUT2D eigenvalue weighted by Crippen LogP contribution is 2.26. The highest BCUT2D eigenvalue weighted by molar-refractivity contribution is 7.89. The number of fused-ring (bicyclic) bond motifs is 1.